The van der Waals surface area contributed by atoms with Crippen LogP contribution in [0.25, 0.3) is 0 Å². The number of oxime groups is 1. The third-order valence-corrected chi connectivity index (χ3v) is 2.31. The van der Waals surface area contributed by atoms with Crippen molar-refractivity contribution in [3.63, 3.8) is 0 Å². The van der Waals surface area contributed by atoms with Crippen LogP contribution in [0.5, 0.6) is 0 Å². The summed E-state index contributed by atoms with van der Waals surface area (Å²) in [6.07, 6.45) is 5.02. The molecule has 1 atom stereocenters. The first-order chi connectivity index (χ1) is 7.65. The fraction of sp³-hybridized carbons (Fsp3) is 0.500. The molecule has 0 bridgehead atoms. The lowest BCUT2D eigenvalue weighted by Crippen LogP contribution is -2.41. The molecule has 1 aliphatic rings. The van der Waals surface area contributed by atoms with E-state index in [0.717, 1.165) is 13.0 Å². The molecule has 0 saturated heterocycles. The van der Waals surface area contributed by atoms with Crippen molar-refractivity contribution in [2.24, 2.45) is 21.1 Å². The quantitative estimate of drug-likeness (QED) is 0.213. The minimum Gasteiger partial charge on any atom is -0.411 e. The second-order valence-corrected chi connectivity index (χ2v) is 3.54. The van der Waals surface area contributed by atoms with Gasteiger partial charge in [-0.15, -0.1) is 5.10 Å². The molecule has 1 heterocycles. The largest absolute Gasteiger partial charge is 0.411 e. The Bertz CT molecular complexity index is 356. The first-order valence-corrected chi connectivity index (χ1v) is 5.12. The second kappa shape index (κ2) is 6.02. The Morgan fingerprint density at radius 3 is 2.69 bits per heavy atom. The summed E-state index contributed by atoms with van der Waals surface area (Å²) in [5.41, 5.74) is 6.72. The van der Waals surface area contributed by atoms with Gasteiger partial charge in [-0.1, -0.05) is 17.3 Å². The Hall–Kier alpha value is -1.69. The molecule has 4 N–H and O–H groups in total. The van der Waals surface area contributed by atoms with Crippen LogP contribution in [-0.4, -0.2) is 35.1 Å². The molecule has 1 unspecified atom stereocenters. The molecule has 88 valence electrons. The molecule has 0 aliphatic carbocycles. The molecule has 16 heavy (non-hydrogen) atoms. The van der Waals surface area contributed by atoms with Crippen molar-refractivity contribution in [3.8, 4) is 0 Å². The monoisotopic (exact) mass is 223 g/mol. The van der Waals surface area contributed by atoms with E-state index in [1.165, 1.54) is 0 Å². The zero-order valence-corrected chi connectivity index (χ0v) is 9.51. The number of nitrogens with two attached hydrogens (primary N) is 1. The first-order valence-electron chi connectivity index (χ1n) is 5.12. The van der Waals surface area contributed by atoms with Crippen molar-refractivity contribution in [3.05, 3.63) is 12.2 Å². The molecule has 0 saturated carbocycles. The number of hydrogen-bond acceptors (Lipinski definition) is 5. The first kappa shape index (κ1) is 12.4. The maximum Gasteiger partial charge on any atom is 0.143 e. The van der Waals surface area contributed by atoms with Crippen LogP contribution in [0.4, 0.5) is 0 Å². The summed E-state index contributed by atoms with van der Waals surface area (Å²) in [6, 6.07) is -0.0586. The van der Waals surface area contributed by atoms with Crippen molar-refractivity contribution < 1.29 is 5.21 Å². The van der Waals surface area contributed by atoms with Gasteiger partial charge in [0.15, 0.2) is 0 Å². The van der Waals surface area contributed by atoms with E-state index in [0.29, 0.717) is 17.3 Å². The van der Waals surface area contributed by atoms with Crippen molar-refractivity contribution in [2.75, 3.05) is 6.54 Å². The van der Waals surface area contributed by atoms with Crippen molar-refractivity contribution >= 4 is 17.3 Å². The predicted molar refractivity (Wildman–Crippen MR) is 65.2 cm³/mol. The van der Waals surface area contributed by atoms with Gasteiger partial charge < -0.3 is 16.3 Å². The van der Waals surface area contributed by atoms with E-state index in [2.05, 4.69) is 26.8 Å². The summed E-state index contributed by atoms with van der Waals surface area (Å²) in [7, 11) is 0. The van der Waals surface area contributed by atoms with E-state index in [9.17, 15) is 0 Å². The number of rotatable bonds is 3. The summed E-state index contributed by atoms with van der Waals surface area (Å²) >= 11 is 0. The number of nitrogens with zero attached hydrogens (tertiary/aromatic N) is 3. The fourth-order valence-electron chi connectivity index (χ4n) is 1.17. The third kappa shape index (κ3) is 3.47. The molecular formula is C10H17N5O. The molecule has 1 rings (SSSR count). The summed E-state index contributed by atoms with van der Waals surface area (Å²) in [6.45, 7) is 4.23. The lowest BCUT2D eigenvalue weighted by Gasteiger charge is -2.16. The number of amidine groups is 1. The van der Waals surface area contributed by atoms with E-state index < -0.39 is 0 Å². The fourth-order valence-corrected chi connectivity index (χ4v) is 1.17. The molecule has 0 amide bonds. The number of nitrogens with one attached hydrogen (secondary N) is 1. The maximum atomic E-state index is 8.52. The summed E-state index contributed by atoms with van der Waals surface area (Å²) in [4.78, 5) is 0. The Morgan fingerprint density at radius 2 is 2.12 bits per heavy atom. The van der Waals surface area contributed by atoms with Gasteiger partial charge in [-0.25, -0.2) is 0 Å². The van der Waals surface area contributed by atoms with Gasteiger partial charge in [-0.2, -0.15) is 5.10 Å². The van der Waals surface area contributed by atoms with E-state index in [1.54, 1.807) is 13.8 Å². The lowest BCUT2D eigenvalue weighted by molar-refractivity contribution is 0.320. The van der Waals surface area contributed by atoms with Crippen molar-refractivity contribution in [2.45, 2.75) is 26.3 Å². The van der Waals surface area contributed by atoms with Gasteiger partial charge >= 0.3 is 0 Å². The topological polar surface area (TPSA) is 95.4 Å². The molecule has 0 radical (unpaired) electrons. The van der Waals surface area contributed by atoms with Crippen LogP contribution in [0.2, 0.25) is 0 Å². The highest BCUT2D eigenvalue weighted by atomic mass is 16.4. The smallest absolute Gasteiger partial charge is 0.143 e. The molecule has 6 nitrogen and oxygen atoms in total. The van der Waals surface area contributed by atoms with Gasteiger partial charge in [-0.05, 0) is 26.8 Å². The van der Waals surface area contributed by atoms with Crippen molar-refractivity contribution in [1.82, 2.24) is 5.32 Å². The third-order valence-electron chi connectivity index (χ3n) is 2.31. The highest BCUT2D eigenvalue weighted by Gasteiger charge is 2.11. The summed E-state index contributed by atoms with van der Waals surface area (Å²) in [5.74, 6) is 0.404. The summed E-state index contributed by atoms with van der Waals surface area (Å²) in [5, 5.41) is 22.5. The van der Waals surface area contributed by atoms with Gasteiger partial charge in [0.05, 0.1) is 17.5 Å². The zero-order chi connectivity index (χ0) is 12.0. The highest BCUT2D eigenvalue weighted by Crippen LogP contribution is 1.97. The minimum atomic E-state index is -0.0586. The van der Waals surface area contributed by atoms with Crippen LogP contribution in [0, 0.1) is 0 Å². The van der Waals surface area contributed by atoms with E-state index in [1.807, 2.05) is 6.08 Å². The van der Waals surface area contributed by atoms with E-state index >= 15 is 0 Å². The van der Waals surface area contributed by atoms with Crippen LogP contribution in [0.3, 0.4) is 0 Å². The minimum absolute atomic E-state index is 0.0586. The zero-order valence-electron chi connectivity index (χ0n) is 9.51. The van der Waals surface area contributed by atoms with Gasteiger partial charge in [0.2, 0.25) is 0 Å². The van der Waals surface area contributed by atoms with Crippen LogP contribution >= 0.6 is 0 Å². The SMILES string of the molecule is CC(=NO)C(C)=NN=C(N)C1C=CCCN1. The van der Waals surface area contributed by atoms with Gasteiger partial charge in [0.25, 0.3) is 0 Å². The maximum absolute atomic E-state index is 8.52. The van der Waals surface area contributed by atoms with E-state index in [-0.39, 0.29) is 6.04 Å². The molecule has 1 aliphatic heterocycles. The van der Waals surface area contributed by atoms with Gasteiger partial charge in [0, 0.05) is 0 Å². The van der Waals surface area contributed by atoms with Crippen LogP contribution in [0.1, 0.15) is 20.3 Å². The van der Waals surface area contributed by atoms with Crippen molar-refractivity contribution in [1.29, 1.82) is 0 Å². The standard InChI is InChI=1S/C10H17N5O/c1-7(8(2)15-16)13-14-10(11)9-5-3-4-6-12-9/h3,5,9,12,16H,4,6H2,1-2H3,(H2,11,14). The average molecular weight is 223 g/mol. The molecular weight excluding hydrogens is 206 g/mol. The van der Waals surface area contributed by atoms with Gasteiger partial charge in [-0.3, -0.25) is 0 Å². The van der Waals surface area contributed by atoms with Crippen LogP contribution in [-0.2, 0) is 0 Å². The van der Waals surface area contributed by atoms with Crippen LogP contribution in [0.15, 0.2) is 27.5 Å². The normalized spacial score (nSPS) is 23.6. The average Bonchev–Trinajstić information content (AvgIpc) is 2.35. The Balaban J connectivity index is 2.69. The van der Waals surface area contributed by atoms with E-state index in [4.69, 9.17) is 10.9 Å². The molecule has 0 spiro atoms. The number of hydrogen-bond donors (Lipinski definition) is 3. The Labute approximate surface area is 94.6 Å². The summed E-state index contributed by atoms with van der Waals surface area (Å²) < 4.78 is 0. The highest BCUT2D eigenvalue weighted by molar-refractivity contribution is 6.40. The predicted octanol–water partition coefficient (Wildman–Crippen LogP) is 0.488. The molecule has 0 fully saturated rings. The Morgan fingerprint density at radius 1 is 1.38 bits per heavy atom. The molecule has 0 aromatic carbocycles. The second-order valence-electron chi connectivity index (χ2n) is 3.54. The van der Waals surface area contributed by atoms with Gasteiger partial charge in [0.1, 0.15) is 5.84 Å². The molecule has 6 heteroatoms. The molecule has 0 aromatic rings. The van der Waals surface area contributed by atoms with Crippen LogP contribution < -0.4 is 11.1 Å². The lowest BCUT2D eigenvalue weighted by atomic mass is 10.1. The molecule has 0 aromatic heterocycles. The Kier molecular flexibility index (Phi) is 4.65.